The third kappa shape index (κ3) is 1.26. The number of aliphatic hydroxyl groups is 1. The van der Waals surface area contributed by atoms with Crippen molar-refractivity contribution in [3.63, 3.8) is 0 Å². The summed E-state index contributed by atoms with van der Waals surface area (Å²) in [6, 6.07) is -0.574. The molecular formula is C5H9BO3. The molecule has 1 heterocycles. The molecule has 1 aliphatic heterocycles. The predicted molar refractivity (Wildman–Crippen MR) is 32.3 cm³/mol. The number of methoxy groups -OCH3 is 1. The quantitative estimate of drug-likeness (QED) is 0.455. The van der Waals surface area contributed by atoms with Gasteiger partial charge in [-0.2, -0.15) is 0 Å². The molecule has 2 radical (unpaired) electrons. The summed E-state index contributed by atoms with van der Waals surface area (Å²) in [5.74, 6) is 0. The highest BCUT2D eigenvalue weighted by molar-refractivity contribution is 6.11. The molecule has 3 nitrogen and oxygen atoms in total. The van der Waals surface area contributed by atoms with Crippen molar-refractivity contribution in [3.8, 4) is 0 Å². The Morgan fingerprint density at radius 3 is 2.67 bits per heavy atom. The molecule has 1 aliphatic rings. The average molecular weight is 128 g/mol. The van der Waals surface area contributed by atoms with Crippen LogP contribution in [0.1, 0.15) is 0 Å². The fourth-order valence-corrected chi connectivity index (χ4v) is 0.822. The molecule has 4 heteroatoms. The van der Waals surface area contributed by atoms with E-state index in [9.17, 15) is 0 Å². The number of aliphatic hydroxyl groups excluding tert-OH is 1. The second kappa shape index (κ2) is 2.69. The highest BCUT2D eigenvalue weighted by Gasteiger charge is 2.31. The molecule has 9 heavy (non-hydrogen) atoms. The van der Waals surface area contributed by atoms with Gasteiger partial charge in [-0.25, -0.2) is 0 Å². The molecule has 3 atom stereocenters. The summed E-state index contributed by atoms with van der Waals surface area (Å²) >= 11 is 0. The molecule has 1 rings (SSSR count). The summed E-state index contributed by atoms with van der Waals surface area (Å²) < 4.78 is 9.71. The molecule has 1 fully saturated rings. The first kappa shape index (κ1) is 7.06. The standard InChI is InChI=1S/C5H9BO3/c1-8-3-2-9-5(6)4(3)7/h3-5,7H,2H2,1H3/t3-,4+,5+/m0/s1. The Bertz CT molecular complexity index is 98.2. The number of ether oxygens (including phenoxy) is 2. The van der Waals surface area contributed by atoms with E-state index in [1.54, 1.807) is 0 Å². The SMILES string of the molecule is [B][C@@H]1OC[C@H](OC)[C@H]1O. The molecule has 50 valence electrons. The minimum Gasteiger partial charge on any atom is -0.388 e. The van der Waals surface area contributed by atoms with Gasteiger partial charge in [0.05, 0.1) is 12.7 Å². The van der Waals surface area contributed by atoms with Crippen molar-refractivity contribution >= 4 is 7.85 Å². The van der Waals surface area contributed by atoms with E-state index in [0.29, 0.717) is 6.61 Å². The molecular weight excluding hydrogens is 119 g/mol. The van der Waals surface area contributed by atoms with E-state index >= 15 is 0 Å². The number of rotatable bonds is 1. The van der Waals surface area contributed by atoms with Crippen LogP contribution in [-0.4, -0.2) is 44.9 Å². The molecule has 0 amide bonds. The summed E-state index contributed by atoms with van der Waals surface area (Å²) in [5.41, 5.74) is 0. The summed E-state index contributed by atoms with van der Waals surface area (Å²) in [5, 5.41) is 9.08. The lowest BCUT2D eigenvalue weighted by molar-refractivity contribution is 0.0177. The van der Waals surface area contributed by atoms with Crippen molar-refractivity contribution < 1.29 is 14.6 Å². The molecule has 0 unspecified atom stereocenters. The van der Waals surface area contributed by atoms with Crippen LogP contribution in [0.15, 0.2) is 0 Å². The van der Waals surface area contributed by atoms with Crippen molar-refractivity contribution in [2.24, 2.45) is 0 Å². The van der Waals surface area contributed by atoms with Gasteiger partial charge in [-0.3, -0.25) is 0 Å². The van der Waals surface area contributed by atoms with Crippen LogP contribution in [-0.2, 0) is 9.47 Å². The van der Waals surface area contributed by atoms with Crippen molar-refractivity contribution in [1.82, 2.24) is 0 Å². The maximum absolute atomic E-state index is 9.08. The first-order valence-electron chi connectivity index (χ1n) is 2.83. The molecule has 0 bridgehead atoms. The normalized spacial score (nSPS) is 43.6. The summed E-state index contributed by atoms with van der Waals surface area (Å²) in [7, 11) is 6.82. The Kier molecular flexibility index (Phi) is 2.11. The van der Waals surface area contributed by atoms with Gasteiger partial charge in [0, 0.05) is 13.1 Å². The van der Waals surface area contributed by atoms with Crippen LogP contribution in [0.25, 0.3) is 0 Å². The average Bonchev–Trinajstić information content (AvgIpc) is 2.15. The summed E-state index contributed by atoms with van der Waals surface area (Å²) in [6.45, 7) is 0.388. The highest BCUT2D eigenvalue weighted by Crippen LogP contribution is 2.13. The van der Waals surface area contributed by atoms with Gasteiger partial charge in [-0.1, -0.05) is 0 Å². The van der Waals surface area contributed by atoms with Gasteiger partial charge < -0.3 is 14.6 Å². The van der Waals surface area contributed by atoms with Gasteiger partial charge in [0.2, 0.25) is 0 Å². The molecule has 0 saturated carbocycles. The van der Waals surface area contributed by atoms with Gasteiger partial charge in [-0.15, -0.1) is 0 Å². The first-order valence-corrected chi connectivity index (χ1v) is 2.83. The predicted octanol–water partition coefficient (Wildman–Crippen LogP) is -1.11. The van der Waals surface area contributed by atoms with Crippen molar-refractivity contribution in [3.05, 3.63) is 0 Å². The molecule has 0 aromatic heterocycles. The Hall–Kier alpha value is -0.0551. The van der Waals surface area contributed by atoms with E-state index in [1.807, 2.05) is 0 Å². The third-order valence-electron chi connectivity index (χ3n) is 1.47. The van der Waals surface area contributed by atoms with Crippen LogP contribution in [0.4, 0.5) is 0 Å². The fourth-order valence-electron chi connectivity index (χ4n) is 0.822. The molecule has 1 N–H and O–H groups in total. The lowest BCUT2D eigenvalue weighted by Crippen LogP contribution is -2.31. The second-order valence-corrected chi connectivity index (χ2v) is 2.06. The van der Waals surface area contributed by atoms with E-state index in [1.165, 1.54) is 7.11 Å². The zero-order valence-electron chi connectivity index (χ0n) is 5.28. The second-order valence-electron chi connectivity index (χ2n) is 2.06. The number of hydrogen-bond acceptors (Lipinski definition) is 3. The van der Waals surface area contributed by atoms with E-state index in [0.717, 1.165) is 0 Å². The van der Waals surface area contributed by atoms with Gasteiger partial charge in [0.25, 0.3) is 0 Å². The molecule has 0 aromatic rings. The zero-order valence-corrected chi connectivity index (χ0v) is 5.28. The van der Waals surface area contributed by atoms with Crippen molar-refractivity contribution in [2.75, 3.05) is 13.7 Å². The molecule has 1 saturated heterocycles. The van der Waals surface area contributed by atoms with Crippen LogP contribution in [0.3, 0.4) is 0 Å². The lowest BCUT2D eigenvalue weighted by atomic mass is 9.94. The van der Waals surface area contributed by atoms with Gasteiger partial charge >= 0.3 is 0 Å². The van der Waals surface area contributed by atoms with E-state index in [4.69, 9.17) is 22.4 Å². The monoisotopic (exact) mass is 128 g/mol. The van der Waals surface area contributed by atoms with E-state index in [-0.39, 0.29) is 6.10 Å². The summed E-state index contributed by atoms with van der Waals surface area (Å²) in [4.78, 5) is 0. The zero-order chi connectivity index (χ0) is 6.85. The Morgan fingerprint density at radius 1 is 1.78 bits per heavy atom. The largest absolute Gasteiger partial charge is 0.388 e. The van der Waals surface area contributed by atoms with Crippen LogP contribution in [0.5, 0.6) is 0 Å². The van der Waals surface area contributed by atoms with Crippen LogP contribution < -0.4 is 0 Å². The third-order valence-corrected chi connectivity index (χ3v) is 1.47. The van der Waals surface area contributed by atoms with Gasteiger partial charge in [-0.05, 0) is 0 Å². The van der Waals surface area contributed by atoms with Crippen molar-refractivity contribution in [2.45, 2.75) is 18.2 Å². The van der Waals surface area contributed by atoms with Crippen LogP contribution >= 0.6 is 0 Å². The minimum absolute atomic E-state index is 0.250. The van der Waals surface area contributed by atoms with Gasteiger partial charge in [0.1, 0.15) is 14.0 Å². The summed E-state index contributed by atoms with van der Waals surface area (Å²) in [6.07, 6.45) is -0.921. The Labute approximate surface area is 55.4 Å². The van der Waals surface area contributed by atoms with E-state index < -0.39 is 12.1 Å². The smallest absolute Gasteiger partial charge is 0.112 e. The Morgan fingerprint density at radius 2 is 2.44 bits per heavy atom. The highest BCUT2D eigenvalue weighted by atomic mass is 16.6. The fraction of sp³-hybridized carbons (Fsp3) is 1.00. The maximum Gasteiger partial charge on any atom is 0.112 e. The molecule has 0 spiro atoms. The minimum atomic E-state index is -0.671. The first-order chi connectivity index (χ1) is 4.25. The van der Waals surface area contributed by atoms with Crippen molar-refractivity contribution in [1.29, 1.82) is 0 Å². The lowest BCUT2D eigenvalue weighted by Gasteiger charge is -2.11. The number of hydrogen-bond donors (Lipinski definition) is 1. The maximum atomic E-state index is 9.08. The van der Waals surface area contributed by atoms with Crippen LogP contribution in [0, 0.1) is 0 Å². The van der Waals surface area contributed by atoms with Gasteiger partial charge in [0.15, 0.2) is 0 Å². The topological polar surface area (TPSA) is 38.7 Å². The molecule has 0 aliphatic carbocycles. The van der Waals surface area contributed by atoms with E-state index in [2.05, 4.69) is 0 Å². The Balaban J connectivity index is 2.41. The van der Waals surface area contributed by atoms with Crippen LogP contribution in [0.2, 0.25) is 0 Å². The molecule has 0 aromatic carbocycles.